The van der Waals surface area contributed by atoms with E-state index in [-0.39, 0.29) is 34.1 Å². The molecule has 2 amide bonds. The van der Waals surface area contributed by atoms with Gasteiger partial charge in [-0.1, -0.05) is 29.8 Å². The highest BCUT2D eigenvalue weighted by molar-refractivity contribution is 6.34. The van der Waals surface area contributed by atoms with Crippen LogP contribution >= 0.6 is 11.6 Å². The van der Waals surface area contributed by atoms with Crippen molar-refractivity contribution in [2.45, 2.75) is 12.7 Å². The van der Waals surface area contributed by atoms with Crippen molar-refractivity contribution in [3.63, 3.8) is 0 Å². The Bertz CT molecular complexity index is 1070. The van der Waals surface area contributed by atoms with E-state index in [1.807, 2.05) is 0 Å². The molecule has 0 spiro atoms. The van der Waals surface area contributed by atoms with Gasteiger partial charge in [-0.3, -0.25) is 14.3 Å². The Morgan fingerprint density at radius 3 is 2.21 bits per heavy atom. The molecule has 2 heterocycles. The summed E-state index contributed by atoms with van der Waals surface area (Å²) in [5.74, 6) is -0.990. The van der Waals surface area contributed by atoms with Crippen molar-refractivity contribution in [3.05, 3.63) is 82.0 Å². The van der Waals surface area contributed by atoms with E-state index in [1.54, 1.807) is 12.1 Å². The SMILES string of the molecule is O=C1c2ccccc2C(=O)N1c1ccn(Cc2ccc(Cl)cc2C(F)(F)F)n1. The highest BCUT2D eigenvalue weighted by Crippen LogP contribution is 2.34. The number of aromatic nitrogens is 2. The van der Waals surface area contributed by atoms with Gasteiger partial charge in [-0.05, 0) is 29.8 Å². The molecule has 28 heavy (non-hydrogen) atoms. The van der Waals surface area contributed by atoms with Crippen LogP contribution < -0.4 is 4.90 Å². The minimum Gasteiger partial charge on any atom is -0.268 e. The molecule has 0 aliphatic carbocycles. The molecule has 0 fully saturated rings. The number of benzene rings is 2. The molecule has 5 nitrogen and oxygen atoms in total. The van der Waals surface area contributed by atoms with Crippen molar-refractivity contribution in [3.8, 4) is 0 Å². The van der Waals surface area contributed by atoms with Gasteiger partial charge in [-0.2, -0.15) is 18.3 Å². The molecule has 9 heteroatoms. The fourth-order valence-corrected chi connectivity index (χ4v) is 3.25. The third-order valence-electron chi connectivity index (χ3n) is 4.36. The molecule has 0 radical (unpaired) electrons. The second-order valence-corrected chi connectivity index (χ2v) is 6.60. The van der Waals surface area contributed by atoms with E-state index in [0.29, 0.717) is 0 Å². The normalized spacial score (nSPS) is 13.9. The summed E-state index contributed by atoms with van der Waals surface area (Å²) >= 11 is 5.69. The number of alkyl halides is 3. The summed E-state index contributed by atoms with van der Waals surface area (Å²) in [5, 5.41) is 4.09. The fraction of sp³-hybridized carbons (Fsp3) is 0.105. The van der Waals surface area contributed by atoms with E-state index in [9.17, 15) is 22.8 Å². The summed E-state index contributed by atoms with van der Waals surface area (Å²) in [6, 6.07) is 11.3. The van der Waals surface area contributed by atoms with Crippen molar-refractivity contribution in [2.24, 2.45) is 0 Å². The number of carbonyl (C=O) groups is 2. The standard InChI is InChI=1S/C19H11ClF3N3O2/c20-12-6-5-11(15(9-12)19(21,22)23)10-25-8-7-16(24-25)26-17(27)13-3-1-2-4-14(13)18(26)28/h1-9H,10H2. The Morgan fingerprint density at radius 2 is 1.61 bits per heavy atom. The molecule has 0 atom stereocenters. The first-order chi connectivity index (χ1) is 13.3. The molecule has 0 bridgehead atoms. The summed E-state index contributed by atoms with van der Waals surface area (Å²) in [6.07, 6.45) is -3.16. The van der Waals surface area contributed by atoms with Gasteiger partial charge in [0.1, 0.15) is 0 Å². The second kappa shape index (κ2) is 6.49. The number of halogens is 4. The number of fused-ring (bicyclic) bond motifs is 1. The lowest BCUT2D eigenvalue weighted by atomic mass is 10.1. The number of amides is 2. The van der Waals surface area contributed by atoms with Gasteiger partial charge < -0.3 is 0 Å². The van der Waals surface area contributed by atoms with Gasteiger partial charge in [-0.15, -0.1) is 0 Å². The average molecular weight is 406 g/mol. The van der Waals surface area contributed by atoms with Crippen LogP contribution in [0.3, 0.4) is 0 Å². The maximum atomic E-state index is 13.3. The van der Waals surface area contributed by atoms with E-state index in [2.05, 4.69) is 5.10 Å². The molecule has 0 saturated heterocycles. The van der Waals surface area contributed by atoms with Crippen LogP contribution in [-0.4, -0.2) is 21.6 Å². The number of hydrogen-bond acceptors (Lipinski definition) is 3. The largest absolute Gasteiger partial charge is 0.416 e. The van der Waals surface area contributed by atoms with E-state index in [0.717, 1.165) is 11.0 Å². The van der Waals surface area contributed by atoms with Crippen LogP contribution in [-0.2, 0) is 12.7 Å². The molecular formula is C19H11ClF3N3O2. The van der Waals surface area contributed by atoms with Gasteiger partial charge >= 0.3 is 6.18 Å². The monoisotopic (exact) mass is 405 g/mol. The van der Waals surface area contributed by atoms with E-state index >= 15 is 0 Å². The third kappa shape index (κ3) is 3.05. The van der Waals surface area contributed by atoms with Gasteiger partial charge in [0, 0.05) is 17.3 Å². The average Bonchev–Trinajstić information content (AvgIpc) is 3.19. The minimum atomic E-state index is -4.57. The summed E-state index contributed by atoms with van der Waals surface area (Å²) in [5.41, 5.74) is -0.370. The van der Waals surface area contributed by atoms with Crippen LogP contribution in [0.4, 0.5) is 19.0 Å². The molecule has 0 N–H and O–H groups in total. The molecule has 2 aromatic carbocycles. The van der Waals surface area contributed by atoms with Crippen LogP contribution in [0, 0.1) is 0 Å². The Labute approximate surface area is 161 Å². The zero-order valence-corrected chi connectivity index (χ0v) is 14.8. The number of nitrogens with zero attached hydrogens (tertiary/aromatic N) is 3. The Morgan fingerprint density at radius 1 is 0.964 bits per heavy atom. The summed E-state index contributed by atoms with van der Waals surface area (Å²) in [6.45, 7) is -0.199. The maximum absolute atomic E-state index is 13.3. The molecule has 1 aliphatic heterocycles. The van der Waals surface area contributed by atoms with Crippen LogP contribution in [0.25, 0.3) is 0 Å². The Balaban J connectivity index is 1.64. The van der Waals surface area contributed by atoms with Gasteiger partial charge in [0.25, 0.3) is 11.8 Å². The van der Waals surface area contributed by atoms with E-state index in [1.165, 1.54) is 41.2 Å². The number of hydrogen-bond donors (Lipinski definition) is 0. The van der Waals surface area contributed by atoms with Crippen LogP contribution in [0.1, 0.15) is 31.8 Å². The Hall–Kier alpha value is -3.13. The third-order valence-corrected chi connectivity index (χ3v) is 4.59. The Kier molecular flexibility index (Phi) is 4.23. The summed E-state index contributed by atoms with van der Waals surface area (Å²) in [4.78, 5) is 25.9. The molecule has 0 saturated carbocycles. The van der Waals surface area contributed by atoms with Crippen LogP contribution in [0.2, 0.25) is 5.02 Å². The molecule has 4 rings (SSSR count). The van der Waals surface area contributed by atoms with Gasteiger partial charge in [0.05, 0.1) is 23.2 Å². The smallest absolute Gasteiger partial charge is 0.268 e. The van der Waals surface area contributed by atoms with Crippen molar-refractivity contribution >= 4 is 29.2 Å². The number of rotatable bonds is 3. The number of anilines is 1. The topological polar surface area (TPSA) is 55.2 Å². The summed E-state index contributed by atoms with van der Waals surface area (Å²) in [7, 11) is 0. The number of imide groups is 1. The van der Waals surface area contributed by atoms with Crippen LogP contribution in [0.15, 0.2) is 54.7 Å². The zero-order chi connectivity index (χ0) is 20.1. The predicted molar refractivity (Wildman–Crippen MR) is 95.4 cm³/mol. The lowest BCUT2D eigenvalue weighted by Gasteiger charge is -2.13. The fourth-order valence-electron chi connectivity index (χ4n) is 3.08. The highest BCUT2D eigenvalue weighted by Gasteiger charge is 2.38. The molecule has 3 aromatic rings. The van der Waals surface area contributed by atoms with E-state index in [4.69, 9.17) is 11.6 Å². The summed E-state index contributed by atoms with van der Waals surface area (Å²) < 4.78 is 41.0. The first-order valence-electron chi connectivity index (χ1n) is 8.12. The van der Waals surface area contributed by atoms with Crippen molar-refractivity contribution in [2.75, 3.05) is 4.90 Å². The van der Waals surface area contributed by atoms with Crippen LogP contribution in [0.5, 0.6) is 0 Å². The quantitative estimate of drug-likeness (QED) is 0.607. The molecular weight excluding hydrogens is 395 g/mol. The molecule has 142 valence electrons. The minimum absolute atomic E-state index is 0.0248. The molecule has 0 unspecified atom stereocenters. The zero-order valence-electron chi connectivity index (χ0n) is 14.1. The van der Waals surface area contributed by atoms with E-state index < -0.39 is 23.6 Å². The predicted octanol–water partition coefficient (Wildman–Crippen LogP) is 4.40. The molecule has 1 aromatic heterocycles. The van der Waals surface area contributed by atoms with Crippen molar-refractivity contribution in [1.82, 2.24) is 9.78 Å². The maximum Gasteiger partial charge on any atom is 0.416 e. The first-order valence-corrected chi connectivity index (χ1v) is 8.50. The van der Waals surface area contributed by atoms with Gasteiger partial charge in [-0.25, -0.2) is 4.90 Å². The second-order valence-electron chi connectivity index (χ2n) is 6.16. The first kappa shape index (κ1) is 18.2. The highest BCUT2D eigenvalue weighted by atomic mass is 35.5. The van der Waals surface area contributed by atoms with Crippen molar-refractivity contribution in [1.29, 1.82) is 0 Å². The lowest BCUT2D eigenvalue weighted by molar-refractivity contribution is -0.138. The number of carbonyl (C=O) groups excluding carboxylic acids is 2. The van der Waals surface area contributed by atoms with Gasteiger partial charge in [0.2, 0.25) is 0 Å². The molecule has 1 aliphatic rings. The van der Waals surface area contributed by atoms with Gasteiger partial charge in [0.15, 0.2) is 5.82 Å². The lowest BCUT2D eigenvalue weighted by Crippen LogP contribution is -2.30. The van der Waals surface area contributed by atoms with Crippen molar-refractivity contribution < 1.29 is 22.8 Å².